The second-order valence-corrected chi connectivity index (χ2v) is 5.39. The van der Waals surface area contributed by atoms with Crippen molar-refractivity contribution >= 4 is 23.5 Å². The second kappa shape index (κ2) is 5.48. The number of hydrazone groups is 1. The number of hydrogen-bond acceptors (Lipinski definition) is 3. The first-order chi connectivity index (χ1) is 9.31. The molecule has 3 unspecified atom stereocenters. The Morgan fingerprint density at radius 1 is 1.37 bits per heavy atom. The molecule has 1 saturated carbocycles. The van der Waals surface area contributed by atoms with Gasteiger partial charge in [0.2, 0.25) is 0 Å². The van der Waals surface area contributed by atoms with E-state index in [9.17, 15) is 0 Å². The first-order valence-electron chi connectivity index (χ1n) is 6.50. The van der Waals surface area contributed by atoms with Gasteiger partial charge in [0.1, 0.15) is 0 Å². The van der Waals surface area contributed by atoms with Gasteiger partial charge in [-0.3, -0.25) is 10.4 Å². The minimum atomic E-state index is 0.458. The van der Waals surface area contributed by atoms with Crippen molar-refractivity contribution in [1.29, 1.82) is 0 Å². The van der Waals surface area contributed by atoms with Crippen LogP contribution in [0.3, 0.4) is 0 Å². The van der Waals surface area contributed by atoms with Crippen LogP contribution in [0.1, 0.15) is 18.5 Å². The normalized spacial score (nSPS) is 27.9. The van der Waals surface area contributed by atoms with E-state index in [4.69, 9.17) is 12.2 Å². The predicted octanol–water partition coefficient (Wildman–Crippen LogP) is 1.84. The molecule has 3 rings (SSSR count). The van der Waals surface area contributed by atoms with Gasteiger partial charge in [-0.1, -0.05) is 18.2 Å². The molecule has 1 aromatic rings. The summed E-state index contributed by atoms with van der Waals surface area (Å²) in [4.78, 5) is 4.15. The highest BCUT2D eigenvalue weighted by Gasteiger charge is 2.35. The van der Waals surface area contributed by atoms with Crippen LogP contribution in [0.2, 0.25) is 0 Å². The molecule has 0 aliphatic heterocycles. The standard InChI is InChI=1S/C14H16N4S/c19-14(17-13-8-10-4-5-11(13)7-10)18-16-9-12-3-1-2-6-15-12/h1-6,9-11,13H,7-8H2,(H2,17,18,19)/b16-9+. The molecule has 0 aromatic carbocycles. The van der Waals surface area contributed by atoms with E-state index in [2.05, 4.69) is 33.0 Å². The van der Waals surface area contributed by atoms with Gasteiger partial charge in [0.05, 0.1) is 11.9 Å². The Bertz CT molecular complexity index is 511. The van der Waals surface area contributed by atoms with Gasteiger partial charge in [0, 0.05) is 12.2 Å². The number of nitrogens with one attached hydrogen (secondary N) is 2. The molecule has 19 heavy (non-hydrogen) atoms. The summed E-state index contributed by atoms with van der Waals surface area (Å²) in [6, 6.07) is 6.15. The highest BCUT2D eigenvalue weighted by atomic mass is 32.1. The Hall–Kier alpha value is -1.75. The average Bonchev–Trinajstić information content (AvgIpc) is 3.02. The van der Waals surface area contributed by atoms with Crippen LogP contribution in [0.15, 0.2) is 41.6 Å². The van der Waals surface area contributed by atoms with Crippen molar-refractivity contribution in [3.63, 3.8) is 0 Å². The quantitative estimate of drug-likeness (QED) is 0.381. The molecule has 0 amide bonds. The van der Waals surface area contributed by atoms with Gasteiger partial charge in [-0.2, -0.15) is 5.10 Å². The van der Waals surface area contributed by atoms with E-state index in [0.29, 0.717) is 17.1 Å². The molecule has 0 saturated heterocycles. The predicted molar refractivity (Wildman–Crippen MR) is 79.8 cm³/mol. The highest BCUT2D eigenvalue weighted by molar-refractivity contribution is 7.80. The van der Waals surface area contributed by atoms with Crippen LogP contribution in [0.4, 0.5) is 0 Å². The molecule has 0 radical (unpaired) electrons. The summed E-state index contributed by atoms with van der Waals surface area (Å²) < 4.78 is 0. The molecule has 1 heterocycles. The maximum absolute atomic E-state index is 5.24. The lowest BCUT2D eigenvalue weighted by Crippen LogP contribution is -2.42. The van der Waals surface area contributed by atoms with Gasteiger partial charge in [0.25, 0.3) is 0 Å². The molecule has 3 atom stereocenters. The van der Waals surface area contributed by atoms with E-state index in [0.717, 1.165) is 11.6 Å². The number of pyridine rings is 1. The lowest BCUT2D eigenvalue weighted by molar-refractivity contribution is 0.521. The van der Waals surface area contributed by atoms with Crippen LogP contribution in [0, 0.1) is 11.8 Å². The van der Waals surface area contributed by atoms with E-state index in [1.54, 1.807) is 12.4 Å². The first kappa shape index (κ1) is 12.3. The summed E-state index contributed by atoms with van der Waals surface area (Å²) in [5.41, 5.74) is 3.65. The minimum Gasteiger partial charge on any atom is -0.358 e. The van der Waals surface area contributed by atoms with Gasteiger partial charge >= 0.3 is 0 Å². The third-order valence-electron chi connectivity index (χ3n) is 3.65. The molecule has 2 aliphatic carbocycles. The fourth-order valence-corrected chi connectivity index (χ4v) is 2.96. The van der Waals surface area contributed by atoms with Gasteiger partial charge in [-0.25, -0.2) is 0 Å². The molecular weight excluding hydrogens is 256 g/mol. The van der Waals surface area contributed by atoms with Crippen molar-refractivity contribution < 1.29 is 0 Å². The number of allylic oxidation sites excluding steroid dienone is 1. The van der Waals surface area contributed by atoms with Crippen molar-refractivity contribution in [3.05, 3.63) is 42.2 Å². The average molecular weight is 272 g/mol. The Morgan fingerprint density at radius 3 is 3.00 bits per heavy atom. The summed E-state index contributed by atoms with van der Waals surface area (Å²) in [7, 11) is 0. The monoisotopic (exact) mass is 272 g/mol. The minimum absolute atomic E-state index is 0.458. The maximum Gasteiger partial charge on any atom is 0.187 e. The maximum atomic E-state index is 5.24. The molecule has 2 aliphatic rings. The number of thiocarbonyl (C=S) groups is 1. The summed E-state index contributed by atoms with van der Waals surface area (Å²) in [6.45, 7) is 0. The van der Waals surface area contributed by atoms with Crippen molar-refractivity contribution in [2.45, 2.75) is 18.9 Å². The van der Waals surface area contributed by atoms with E-state index in [1.165, 1.54) is 12.8 Å². The van der Waals surface area contributed by atoms with Crippen molar-refractivity contribution in [1.82, 2.24) is 15.7 Å². The summed E-state index contributed by atoms with van der Waals surface area (Å²) in [5, 5.41) is 8.00. The van der Waals surface area contributed by atoms with Crippen LogP contribution in [0.5, 0.6) is 0 Å². The lowest BCUT2D eigenvalue weighted by atomic mass is 10.0. The van der Waals surface area contributed by atoms with E-state index in [-0.39, 0.29) is 0 Å². The number of nitrogens with zero attached hydrogens (tertiary/aromatic N) is 2. The van der Waals surface area contributed by atoms with Gasteiger partial charge < -0.3 is 5.32 Å². The summed E-state index contributed by atoms with van der Waals surface area (Å²) >= 11 is 5.24. The van der Waals surface area contributed by atoms with Crippen LogP contribution < -0.4 is 10.7 Å². The highest BCUT2D eigenvalue weighted by Crippen LogP contribution is 2.38. The fourth-order valence-electron chi connectivity index (χ4n) is 2.76. The van der Waals surface area contributed by atoms with Crippen molar-refractivity contribution in [3.8, 4) is 0 Å². The number of hydrogen-bond donors (Lipinski definition) is 2. The van der Waals surface area contributed by atoms with Gasteiger partial charge in [-0.05, 0) is 49.0 Å². The summed E-state index contributed by atoms with van der Waals surface area (Å²) in [5.74, 6) is 1.37. The first-order valence-corrected chi connectivity index (χ1v) is 6.91. The third-order valence-corrected chi connectivity index (χ3v) is 3.86. The zero-order chi connectivity index (χ0) is 13.1. The van der Waals surface area contributed by atoms with Crippen molar-refractivity contribution in [2.75, 3.05) is 0 Å². The molecule has 2 bridgehead atoms. The van der Waals surface area contributed by atoms with Gasteiger partial charge in [0.15, 0.2) is 5.11 Å². The Kier molecular flexibility index (Phi) is 3.55. The fraction of sp³-hybridized carbons (Fsp3) is 0.357. The zero-order valence-electron chi connectivity index (χ0n) is 10.5. The van der Waals surface area contributed by atoms with E-state index < -0.39 is 0 Å². The third kappa shape index (κ3) is 2.98. The molecule has 5 heteroatoms. The van der Waals surface area contributed by atoms with Gasteiger partial charge in [-0.15, -0.1) is 0 Å². The smallest absolute Gasteiger partial charge is 0.187 e. The molecular formula is C14H16N4S. The molecule has 98 valence electrons. The topological polar surface area (TPSA) is 49.3 Å². The number of rotatable bonds is 3. The zero-order valence-corrected chi connectivity index (χ0v) is 11.3. The molecule has 0 spiro atoms. The molecule has 2 N–H and O–H groups in total. The summed E-state index contributed by atoms with van der Waals surface area (Å²) in [6.07, 6.45) is 10.4. The Balaban J connectivity index is 1.47. The molecule has 1 fully saturated rings. The van der Waals surface area contributed by atoms with Crippen LogP contribution >= 0.6 is 12.2 Å². The Morgan fingerprint density at radius 2 is 2.32 bits per heavy atom. The largest absolute Gasteiger partial charge is 0.358 e. The number of aromatic nitrogens is 1. The molecule has 4 nitrogen and oxygen atoms in total. The SMILES string of the molecule is S=C(N/N=C/c1ccccn1)NC1CC2C=CC1C2. The molecule has 1 aromatic heterocycles. The van der Waals surface area contributed by atoms with Crippen LogP contribution in [0.25, 0.3) is 0 Å². The van der Waals surface area contributed by atoms with E-state index in [1.807, 2.05) is 18.2 Å². The van der Waals surface area contributed by atoms with Crippen LogP contribution in [-0.2, 0) is 0 Å². The number of fused-ring (bicyclic) bond motifs is 2. The van der Waals surface area contributed by atoms with Crippen LogP contribution in [-0.4, -0.2) is 22.4 Å². The second-order valence-electron chi connectivity index (χ2n) is 4.98. The Labute approximate surface area is 118 Å². The van der Waals surface area contributed by atoms with E-state index >= 15 is 0 Å². The van der Waals surface area contributed by atoms with Crippen molar-refractivity contribution in [2.24, 2.45) is 16.9 Å². The lowest BCUT2D eigenvalue weighted by Gasteiger charge is -2.20.